The zero-order chi connectivity index (χ0) is 56.5. The van der Waals surface area contributed by atoms with Gasteiger partial charge in [0.15, 0.2) is 0 Å². The van der Waals surface area contributed by atoms with Gasteiger partial charge in [-0.15, -0.1) is 0 Å². The van der Waals surface area contributed by atoms with E-state index in [9.17, 15) is 5.26 Å². The molecule has 0 fully saturated rings. The van der Waals surface area contributed by atoms with E-state index < -0.39 is 13.7 Å². The normalized spacial score (nSPS) is 13.3. The van der Waals surface area contributed by atoms with Crippen molar-refractivity contribution in [3.05, 3.63) is 251 Å². The van der Waals surface area contributed by atoms with Crippen LogP contribution in [-0.4, -0.2) is 23.1 Å². The van der Waals surface area contributed by atoms with Crippen molar-refractivity contribution in [1.82, 2.24) is 23.1 Å². The Hall–Kier alpha value is -9.60. The maximum absolute atomic E-state index is 10.3. The molecule has 5 heterocycles. The number of fused-ring (bicyclic) bond motifs is 10. The van der Waals surface area contributed by atoms with Crippen LogP contribution in [0.25, 0.3) is 122 Å². The second kappa shape index (κ2) is 17.5. The summed E-state index contributed by atoms with van der Waals surface area (Å²) in [4.78, 5) is 5.06. The van der Waals surface area contributed by atoms with E-state index >= 15 is 0 Å². The Morgan fingerprint density at radius 2 is 1.06 bits per heavy atom. The molecule has 0 saturated heterocycles. The number of aromatic nitrogens is 5. The second-order valence-corrected chi connectivity index (χ2v) is 20.4. The summed E-state index contributed by atoms with van der Waals surface area (Å²) in [7, 11) is 0. The van der Waals surface area contributed by atoms with Crippen LogP contribution in [0.4, 0.5) is 0 Å². The molecule has 7 nitrogen and oxygen atoms in total. The molecule has 366 valence electrons. The minimum Gasteiger partial charge on any atom is 0.0621 e. The molecular weight excluding hydrogens is 1120 g/mol. The number of imidazole rings is 1. The van der Waals surface area contributed by atoms with Crippen molar-refractivity contribution in [2.24, 2.45) is 0 Å². The zero-order valence-electron chi connectivity index (χ0n) is 46.8. The van der Waals surface area contributed by atoms with E-state index in [0.717, 1.165) is 103 Å². The third kappa shape index (κ3) is 6.93. The molecule has 10 aromatic carbocycles. The molecular formula is C69H44N6OPt. The van der Waals surface area contributed by atoms with Crippen molar-refractivity contribution < 1.29 is 32.3 Å². The minimum atomic E-state index is -2.57. The van der Waals surface area contributed by atoms with Gasteiger partial charge < -0.3 is 4.40 Å². The van der Waals surface area contributed by atoms with Gasteiger partial charge in [0.05, 0.1) is 28.2 Å². The van der Waals surface area contributed by atoms with E-state index in [0.29, 0.717) is 33.9 Å². The van der Waals surface area contributed by atoms with E-state index in [1.165, 1.54) is 0 Å². The Balaban J connectivity index is 0.949. The molecule has 0 aliphatic carbocycles. The van der Waals surface area contributed by atoms with Gasteiger partial charge in [0, 0.05) is 37.4 Å². The van der Waals surface area contributed by atoms with Crippen LogP contribution >= 0.6 is 0 Å². The average molecular weight is 1170 g/mol. The molecule has 0 amide bonds. The van der Waals surface area contributed by atoms with Gasteiger partial charge in [-0.2, -0.15) is 5.26 Å². The van der Waals surface area contributed by atoms with Crippen LogP contribution in [0.3, 0.4) is 0 Å². The van der Waals surface area contributed by atoms with Gasteiger partial charge in [0.25, 0.3) is 0 Å². The van der Waals surface area contributed by atoms with Crippen molar-refractivity contribution in [3.63, 3.8) is 0 Å². The van der Waals surface area contributed by atoms with Crippen molar-refractivity contribution in [1.29, 1.82) is 5.26 Å². The van der Waals surface area contributed by atoms with Crippen LogP contribution in [-0.2, 0) is 19.4 Å². The first-order valence-electron chi connectivity index (χ1n) is 28.2. The Labute approximate surface area is 462 Å². The summed E-state index contributed by atoms with van der Waals surface area (Å²) < 4.78 is 69.5. The molecule has 8 heteroatoms. The molecule has 0 saturated carbocycles. The summed E-state index contributed by atoms with van der Waals surface area (Å²) in [5, 5.41) is 15.9. The monoisotopic (exact) mass is 1170 g/mol. The Kier molecular flexibility index (Phi) is 8.84. The van der Waals surface area contributed by atoms with Crippen LogP contribution in [0.5, 0.6) is 11.5 Å². The van der Waals surface area contributed by atoms with Gasteiger partial charge in [-0.3, -0.25) is 0 Å². The smallest absolute Gasteiger partial charge is 0.0621 e. The van der Waals surface area contributed by atoms with Crippen LogP contribution in [0.1, 0.15) is 24.9 Å². The molecule has 0 radical (unpaired) electrons. The number of ether oxygens (including phenoxy) is 1. The predicted octanol–water partition coefficient (Wildman–Crippen LogP) is 17.4. The van der Waals surface area contributed by atoms with Gasteiger partial charge in [0.1, 0.15) is 0 Å². The SMILES string of the molecule is [2H]C([2H])([2H])c1ccc(-n2[c](=[Pt])n(-c3c(-c4ccccc4)cccc3-c3ccccc3)c3ccccc32)cc1Oc1ccc2c3cc4c5cc(C#N)cc6c7ccccc7n(c4cc3n(-c3cc(C([2H])([2H])[2H])c(-c4ccccc4)cn3)c2c1)c65. The molecule has 0 spiro atoms. The fourth-order valence-corrected chi connectivity index (χ4v) is 12.8. The van der Waals surface area contributed by atoms with Crippen molar-refractivity contribution in [2.75, 3.05) is 0 Å². The number of benzene rings is 10. The van der Waals surface area contributed by atoms with E-state index in [-0.39, 0.29) is 16.9 Å². The number of hydrogen-bond donors (Lipinski definition) is 0. The van der Waals surface area contributed by atoms with E-state index in [2.05, 4.69) is 118 Å². The number of para-hydroxylation sites is 4. The maximum atomic E-state index is 10.3. The largest absolute Gasteiger partial charge is 0.0621 e. The third-order valence-electron chi connectivity index (χ3n) is 15.1. The van der Waals surface area contributed by atoms with Crippen LogP contribution in [0, 0.1) is 28.8 Å². The molecule has 15 aromatic rings. The summed E-state index contributed by atoms with van der Waals surface area (Å²) in [6.07, 6.45) is 1.63. The molecule has 77 heavy (non-hydrogen) atoms. The first-order chi connectivity index (χ1) is 40.3. The molecule has 15 rings (SSSR count). The molecule has 5 aromatic heterocycles. The number of aryl methyl sites for hydroxylation is 2. The average Bonchev–Trinajstić information content (AvgIpc) is 2.41. The van der Waals surface area contributed by atoms with Crippen molar-refractivity contribution in [3.8, 4) is 68.1 Å². The topological polar surface area (TPSA) is 65.1 Å². The van der Waals surface area contributed by atoms with E-state index in [1.54, 1.807) is 24.4 Å². The summed E-state index contributed by atoms with van der Waals surface area (Å²) in [5.41, 5.74) is 14.0. The third-order valence-corrected chi connectivity index (χ3v) is 16.1. The van der Waals surface area contributed by atoms with Crippen LogP contribution in [0.15, 0.2) is 231 Å². The first kappa shape index (κ1) is 38.9. The standard InChI is InChI=1S/C69H44N6O.Pt/c1-43-29-30-49(72-42-73(62-28-15-14-27-61(62)72)68-51(46-17-6-3-7-18-46)24-16-25-52(68)47-19-8-4-9-20-47)36-66(43)76-50-31-32-54-55-38-56-58-35-45(40-70)34-57-53-23-12-13-26-60(53)75(69(57)58)65(56)39-64(55)74(63(54)37-50)67-33-44(2)59(41-71-67)48-21-10-5-11-22-48;/h3-39,41H,1-2H3;/i1D3,2D3;. The summed E-state index contributed by atoms with van der Waals surface area (Å²) in [5.74, 6) is 0.860. The van der Waals surface area contributed by atoms with Crippen LogP contribution in [0.2, 0.25) is 0 Å². The van der Waals surface area contributed by atoms with Crippen molar-refractivity contribution >= 4 is 70.9 Å². The minimum absolute atomic E-state index is 0.0276. The van der Waals surface area contributed by atoms with E-state index in [1.807, 2.05) is 132 Å². The van der Waals surface area contributed by atoms with Crippen LogP contribution < -0.4 is 4.74 Å². The summed E-state index contributed by atoms with van der Waals surface area (Å²) in [6, 6.07) is 76.1. The number of hydrogen-bond acceptors (Lipinski definition) is 3. The zero-order valence-corrected chi connectivity index (χ0v) is 43.1. The maximum Gasteiger partial charge on any atom is 0.0621 e. The van der Waals surface area contributed by atoms with Gasteiger partial charge in [0.2, 0.25) is 0 Å². The molecule has 0 atom stereocenters. The fourth-order valence-electron chi connectivity index (χ4n) is 11.7. The number of nitrogens with zero attached hydrogens (tertiary/aromatic N) is 6. The molecule has 0 unspecified atom stereocenters. The molecule has 0 N–H and O–H groups in total. The van der Waals surface area contributed by atoms with Crippen molar-refractivity contribution in [2.45, 2.75) is 13.7 Å². The molecule has 0 bridgehead atoms. The fraction of sp³-hybridized carbons (Fsp3) is 0.0290. The first-order valence-corrected chi connectivity index (χ1v) is 26.4. The quantitative estimate of drug-likeness (QED) is 0.152. The Morgan fingerprint density at radius 1 is 0.468 bits per heavy atom. The predicted molar refractivity (Wildman–Crippen MR) is 310 cm³/mol. The Bertz CT molecular complexity index is 5190. The van der Waals surface area contributed by atoms with Gasteiger partial charge in [-0.05, 0) is 36.2 Å². The van der Waals surface area contributed by atoms with Gasteiger partial charge in [-0.25, -0.2) is 0 Å². The summed E-state index contributed by atoms with van der Waals surface area (Å²) in [6.45, 7) is -5.08. The second-order valence-electron chi connectivity index (χ2n) is 19.4. The van der Waals surface area contributed by atoms with E-state index in [4.69, 9.17) is 17.9 Å². The number of rotatable bonds is 8. The Morgan fingerprint density at radius 3 is 1.75 bits per heavy atom. The van der Waals surface area contributed by atoms with Gasteiger partial charge >= 0.3 is 305 Å². The summed E-state index contributed by atoms with van der Waals surface area (Å²) >= 11 is 2.38. The molecule has 0 aliphatic rings. The van der Waals surface area contributed by atoms with Gasteiger partial charge in [-0.1, -0.05) is 48.5 Å². The number of pyridine rings is 1. The number of nitriles is 1. The molecule has 0 aliphatic heterocycles.